The third-order valence-corrected chi connectivity index (χ3v) is 5.35. The van der Waals surface area contributed by atoms with E-state index >= 15 is 0 Å². The summed E-state index contributed by atoms with van der Waals surface area (Å²) in [5.74, 6) is 1.44. The van der Waals surface area contributed by atoms with Gasteiger partial charge >= 0.3 is 5.97 Å². The molecule has 4 heteroatoms. The first-order chi connectivity index (χ1) is 12.7. The molecule has 0 fully saturated rings. The van der Waals surface area contributed by atoms with Gasteiger partial charge in [0, 0.05) is 5.92 Å². The van der Waals surface area contributed by atoms with Crippen molar-refractivity contribution in [2.75, 3.05) is 19.0 Å². The van der Waals surface area contributed by atoms with E-state index in [1.54, 1.807) is 0 Å². The molecule has 0 bridgehead atoms. The third kappa shape index (κ3) is 2.75. The van der Waals surface area contributed by atoms with Gasteiger partial charge in [0.15, 0.2) is 0 Å². The van der Waals surface area contributed by atoms with Crippen molar-refractivity contribution in [1.29, 1.82) is 0 Å². The smallest absolute Gasteiger partial charge is 0.337 e. The summed E-state index contributed by atoms with van der Waals surface area (Å²) in [6, 6.07) is 14.2. The maximum Gasteiger partial charge on any atom is 0.337 e. The van der Waals surface area contributed by atoms with E-state index in [1.807, 2.05) is 37.3 Å². The topological polar surface area (TPSA) is 47.6 Å². The summed E-state index contributed by atoms with van der Waals surface area (Å²) in [5.41, 5.74) is 4.14. The van der Waals surface area contributed by atoms with Crippen LogP contribution in [0.2, 0.25) is 0 Å². The van der Waals surface area contributed by atoms with Gasteiger partial charge in [-0.2, -0.15) is 0 Å². The zero-order chi connectivity index (χ0) is 18.1. The van der Waals surface area contributed by atoms with E-state index in [9.17, 15) is 4.79 Å². The molecule has 2 aliphatic rings. The van der Waals surface area contributed by atoms with Crippen LogP contribution in [0, 0.1) is 5.92 Å². The number of anilines is 1. The summed E-state index contributed by atoms with van der Waals surface area (Å²) in [6.45, 7) is 2.64. The standard InChI is InChI=1S/C22H23NO3/c1-3-26-19-9-5-8-18-16-6-4-7-17(16)20(23-21(18)19)14-10-12-15(13-11-14)22(24)25-2/h4-6,8-13,16-17,20,23H,3,7H2,1-2H3/t16-,17+,20+/m1/s1. The van der Waals surface area contributed by atoms with Crippen molar-refractivity contribution in [3.8, 4) is 5.75 Å². The molecule has 2 aromatic rings. The van der Waals surface area contributed by atoms with Crippen molar-refractivity contribution in [2.45, 2.75) is 25.3 Å². The van der Waals surface area contributed by atoms with Crippen LogP contribution in [0.25, 0.3) is 0 Å². The Hall–Kier alpha value is -2.75. The Morgan fingerprint density at radius 1 is 1.19 bits per heavy atom. The lowest BCUT2D eigenvalue weighted by atomic mass is 9.77. The van der Waals surface area contributed by atoms with Crippen molar-refractivity contribution in [1.82, 2.24) is 0 Å². The molecular formula is C22H23NO3. The fourth-order valence-corrected chi connectivity index (χ4v) is 4.14. The lowest BCUT2D eigenvalue weighted by Crippen LogP contribution is -2.29. The number of hydrogen-bond donors (Lipinski definition) is 1. The van der Waals surface area contributed by atoms with Crippen LogP contribution in [0.1, 0.15) is 46.8 Å². The molecule has 1 heterocycles. The molecule has 26 heavy (non-hydrogen) atoms. The molecule has 0 amide bonds. The molecule has 134 valence electrons. The van der Waals surface area contributed by atoms with Gasteiger partial charge in [-0.05, 0) is 48.6 Å². The van der Waals surface area contributed by atoms with Crippen LogP contribution in [-0.4, -0.2) is 19.7 Å². The van der Waals surface area contributed by atoms with Gasteiger partial charge in [-0.15, -0.1) is 0 Å². The van der Waals surface area contributed by atoms with E-state index in [0.717, 1.165) is 17.9 Å². The summed E-state index contributed by atoms with van der Waals surface area (Å²) in [6.07, 6.45) is 5.63. The minimum atomic E-state index is -0.308. The molecular weight excluding hydrogens is 326 g/mol. The van der Waals surface area contributed by atoms with Crippen molar-refractivity contribution >= 4 is 11.7 Å². The number of nitrogens with one attached hydrogen (secondary N) is 1. The molecule has 0 aromatic heterocycles. The average molecular weight is 349 g/mol. The Labute approximate surface area is 153 Å². The molecule has 4 rings (SSSR count). The van der Waals surface area contributed by atoms with Gasteiger partial charge < -0.3 is 14.8 Å². The molecule has 4 nitrogen and oxygen atoms in total. The normalized spacial score (nSPS) is 22.9. The van der Waals surface area contributed by atoms with E-state index in [2.05, 4.69) is 29.6 Å². The third-order valence-electron chi connectivity index (χ3n) is 5.35. The van der Waals surface area contributed by atoms with Crippen molar-refractivity contribution in [3.63, 3.8) is 0 Å². The van der Waals surface area contributed by atoms with E-state index < -0.39 is 0 Å². The highest BCUT2D eigenvalue weighted by molar-refractivity contribution is 5.89. The summed E-state index contributed by atoms with van der Waals surface area (Å²) in [5, 5.41) is 3.72. The second-order valence-electron chi connectivity index (χ2n) is 6.74. The molecule has 0 radical (unpaired) electrons. The lowest BCUT2D eigenvalue weighted by molar-refractivity contribution is 0.0600. The Morgan fingerprint density at radius 2 is 2.00 bits per heavy atom. The molecule has 3 atom stereocenters. The summed E-state index contributed by atoms with van der Waals surface area (Å²) in [7, 11) is 1.40. The van der Waals surface area contributed by atoms with E-state index in [0.29, 0.717) is 24.0 Å². The highest BCUT2D eigenvalue weighted by Gasteiger charge is 2.38. The Kier molecular flexibility index (Phi) is 4.41. The van der Waals surface area contributed by atoms with Crippen molar-refractivity contribution < 1.29 is 14.3 Å². The first-order valence-corrected chi connectivity index (χ1v) is 9.10. The van der Waals surface area contributed by atoms with Gasteiger partial charge in [-0.3, -0.25) is 0 Å². The highest BCUT2D eigenvalue weighted by Crippen LogP contribution is 2.52. The van der Waals surface area contributed by atoms with Gasteiger partial charge in [0.25, 0.3) is 0 Å². The van der Waals surface area contributed by atoms with Crippen LogP contribution < -0.4 is 10.1 Å². The van der Waals surface area contributed by atoms with Crippen LogP contribution in [0.15, 0.2) is 54.6 Å². The number of esters is 1. The van der Waals surface area contributed by atoms with Gasteiger partial charge in [0.1, 0.15) is 5.75 Å². The fraction of sp³-hybridized carbons (Fsp3) is 0.318. The minimum absolute atomic E-state index is 0.177. The Balaban J connectivity index is 1.71. The van der Waals surface area contributed by atoms with Crippen LogP contribution in [0.5, 0.6) is 5.75 Å². The number of rotatable bonds is 4. The van der Waals surface area contributed by atoms with Crippen LogP contribution in [0.3, 0.4) is 0 Å². The maximum atomic E-state index is 11.7. The number of para-hydroxylation sites is 1. The molecule has 0 saturated carbocycles. The maximum absolute atomic E-state index is 11.7. The molecule has 1 N–H and O–H groups in total. The van der Waals surface area contributed by atoms with E-state index in [4.69, 9.17) is 9.47 Å². The molecule has 0 saturated heterocycles. The van der Waals surface area contributed by atoms with E-state index in [1.165, 1.54) is 18.2 Å². The molecule has 2 aromatic carbocycles. The average Bonchev–Trinajstić information content (AvgIpc) is 3.17. The van der Waals surface area contributed by atoms with Crippen LogP contribution >= 0.6 is 0 Å². The summed E-state index contributed by atoms with van der Waals surface area (Å²) in [4.78, 5) is 11.7. The summed E-state index contributed by atoms with van der Waals surface area (Å²) >= 11 is 0. The number of carbonyl (C=O) groups excluding carboxylic acids is 1. The number of hydrogen-bond acceptors (Lipinski definition) is 4. The second kappa shape index (κ2) is 6.87. The monoisotopic (exact) mass is 349 g/mol. The Morgan fingerprint density at radius 3 is 2.73 bits per heavy atom. The largest absolute Gasteiger partial charge is 0.492 e. The van der Waals surface area contributed by atoms with Gasteiger partial charge in [0.05, 0.1) is 31.0 Å². The Bertz CT molecular complexity index is 841. The van der Waals surface area contributed by atoms with Gasteiger partial charge in [-0.25, -0.2) is 4.79 Å². The minimum Gasteiger partial charge on any atom is -0.492 e. The molecule has 0 unspecified atom stereocenters. The zero-order valence-electron chi connectivity index (χ0n) is 15.1. The number of fused-ring (bicyclic) bond motifs is 3. The number of carbonyl (C=O) groups is 1. The fourth-order valence-electron chi connectivity index (χ4n) is 4.14. The quantitative estimate of drug-likeness (QED) is 0.642. The zero-order valence-corrected chi connectivity index (χ0v) is 15.1. The second-order valence-corrected chi connectivity index (χ2v) is 6.74. The predicted molar refractivity (Wildman–Crippen MR) is 102 cm³/mol. The molecule has 1 aliphatic carbocycles. The first-order valence-electron chi connectivity index (χ1n) is 9.10. The van der Waals surface area contributed by atoms with Gasteiger partial charge in [0.2, 0.25) is 0 Å². The number of methoxy groups -OCH3 is 1. The van der Waals surface area contributed by atoms with Crippen molar-refractivity contribution in [3.05, 3.63) is 71.3 Å². The first kappa shape index (κ1) is 16.7. The predicted octanol–water partition coefficient (Wildman–Crippen LogP) is 4.70. The van der Waals surface area contributed by atoms with Crippen LogP contribution in [-0.2, 0) is 4.74 Å². The number of ether oxygens (including phenoxy) is 2. The summed E-state index contributed by atoms with van der Waals surface area (Å²) < 4.78 is 10.7. The molecule has 1 aliphatic heterocycles. The van der Waals surface area contributed by atoms with Crippen LogP contribution in [0.4, 0.5) is 5.69 Å². The van der Waals surface area contributed by atoms with Gasteiger partial charge in [-0.1, -0.05) is 36.4 Å². The molecule has 0 spiro atoms. The van der Waals surface area contributed by atoms with E-state index in [-0.39, 0.29) is 12.0 Å². The highest BCUT2D eigenvalue weighted by atomic mass is 16.5. The SMILES string of the molecule is CCOc1cccc2c1N[C@@H](c1ccc(C(=O)OC)cc1)[C@H]1CC=C[C@@H]21. The number of benzene rings is 2. The number of allylic oxidation sites excluding steroid dienone is 2. The van der Waals surface area contributed by atoms with Crippen molar-refractivity contribution in [2.24, 2.45) is 5.92 Å². The lowest BCUT2D eigenvalue weighted by Gasteiger charge is -2.38.